The Labute approximate surface area is 277 Å². The molecule has 0 spiro atoms. The Hall–Kier alpha value is -4.40. The molecule has 0 saturated carbocycles. The average Bonchev–Trinajstić information content (AvgIpc) is 3.67. The molecule has 2 aliphatic rings. The van der Waals surface area contributed by atoms with Crippen molar-refractivity contribution in [2.45, 2.75) is 83.2 Å². The van der Waals surface area contributed by atoms with Crippen molar-refractivity contribution < 1.29 is 33.3 Å². The molecule has 14 nitrogen and oxygen atoms in total. The second-order valence-corrected chi connectivity index (χ2v) is 13.3. The normalized spacial score (nSPS) is 26.3. The van der Waals surface area contributed by atoms with E-state index in [0.717, 1.165) is 0 Å². The summed E-state index contributed by atoms with van der Waals surface area (Å²) < 4.78 is 5.07. The van der Waals surface area contributed by atoms with Crippen LogP contribution in [0.2, 0.25) is 0 Å². The Kier molecular flexibility index (Phi) is 12.0. The first-order chi connectivity index (χ1) is 22.4. The maximum Gasteiger partial charge on any atom is 0.290 e. The lowest BCUT2D eigenvalue weighted by molar-refractivity contribution is -0.143. The number of aromatic nitrogens is 1. The molecular weight excluding hydrogens is 626 g/mol. The van der Waals surface area contributed by atoms with Gasteiger partial charge in [-0.3, -0.25) is 28.8 Å². The highest BCUT2D eigenvalue weighted by Crippen LogP contribution is 2.23. The van der Waals surface area contributed by atoms with Gasteiger partial charge >= 0.3 is 0 Å². The van der Waals surface area contributed by atoms with Gasteiger partial charge in [0.2, 0.25) is 35.3 Å². The third kappa shape index (κ3) is 9.11. The molecule has 5 N–H and O–H groups in total. The number of hydrogen-bond acceptors (Lipinski definition) is 9. The monoisotopic (exact) mass is 669 g/mol. The van der Waals surface area contributed by atoms with Crippen LogP contribution < -0.4 is 26.6 Å². The van der Waals surface area contributed by atoms with Gasteiger partial charge in [-0.25, -0.2) is 0 Å². The number of nitrogens with one attached hydrogen (secondary N) is 5. The average molecular weight is 670 g/mol. The number of amides is 6. The molecule has 3 heterocycles. The third-order valence-corrected chi connectivity index (χ3v) is 8.87. The number of benzene rings is 1. The predicted octanol–water partition coefficient (Wildman–Crippen LogP) is 0.827. The minimum absolute atomic E-state index is 0.0114. The van der Waals surface area contributed by atoms with Crippen LogP contribution in [0.1, 0.15) is 67.9 Å². The van der Waals surface area contributed by atoms with E-state index < -0.39 is 71.7 Å². The van der Waals surface area contributed by atoms with Gasteiger partial charge in [0.25, 0.3) is 5.91 Å². The highest BCUT2D eigenvalue weighted by molar-refractivity contribution is 7.98. The van der Waals surface area contributed by atoms with Crippen molar-refractivity contribution in [3.63, 3.8) is 0 Å². The zero-order valence-electron chi connectivity index (χ0n) is 27.2. The van der Waals surface area contributed by atoms with Gasteiger partial charge in [-0.05, 0) is 50.2 Å². The number of fused-ring (bicyclic) bond motifs is 1. The van der Waals surface area contributed by atoms with Crippen molar-refractivity contribution in [3.8, 4) is 0 Å². The van der Waals surface area contributed by atoms with Gasteiger partial charge in [-0.2, -0.15) is 11.8 Å². The van der Waals surface area contributed by atoms with Crippen molar-refractivity contribution in [1.29, 1.82) is 0 Å². The lowest BCUT2D eigenvalue weighted by Crippen LogP contribution is -2.59. The maximum absolute atomic E-state index is 14.1. The number of thioether (sulfide) groups is 1. The van der Waals surface area contributed by atoms with Gasteiger partial charge in [0, 0.05) is 18.7 Å². The Morgan fingerprint density at radius 1 is 1.04 bits per heavy atom. The van der Waals surface area contributed by atoms with E-state index in [9.17, 15) is 28.8 Å². The van der Waals surface area contributed by atoms with Gasteiger partial charge in [0.1, 0.15) is 24.2 Å². The molecule has 0 radical (unpaired) electrons. The lowest BCUT2D eigenvalue weighted by Gasteiger charge is -2.32. The standard InChI is InChI=1S/C32H43N7O7S/c1-17(2)27-32(45)39-16-21(34-31(44)25-13-18(3)38-46-25)14-24(39)30(43)33-19(4)28(41)36-23(20-9-7-6-8-10-20)15-26(40)35-22(11-12-47-5)29(42)37-27/h6-10,13,17,19,21-24,27H,11-12,14-16H2,1-5H3,(H,33,43)(H,34,44)(H,35,40)(H,36,41)(H,37,42)/t19-,21-,22-,23-,24-,27-/m0/s1. The predicted molar refractivity (Wildman–Crippen MR) is 174 cm³/mol. The van der Waals surface area contributed by atoms with Crippen LogP contribution in [0.5, 0.6) is 0 Å². The van der Waals surface area contributed by atoms with E-state index in [2.05, 4.69) is 31.7 Å². The summed E-state index contributed by atoms with van der Waals surface area (Å²) in [7, 11) is 0. The Morgan fingerprint density at radius 2 is 1.77 bits per heavy atom. The molecule has 47 heavy (non-hydrogen) atoms. The highest BCUT2D eigenvalue weighted by Gasteiger charge is 2.44. The Morgan fingerprint density at radius 3 is 2.40 bits per heavy atom. The first-order valence-corrected chi connectivity index (χ1v) is 17.1. The van der Waals surface area contributed by atoms with E-state index >= 15 is 0 Å². The van der Waals surface area contributed by atoms with Crippen molar-refractivity contribution in [1.82, 2.24) is 36.6 Å². The maximum atomic E-state index is 14.1. The van der Waals surface area contributed by atoms with E-state index in [0.29, 0.717) is 23.4 Å². The van der Waals surface area contributed by atoms with Crippen LogP contribution in [0.15, 0.2) is 40.9 Å². The van der Waals surface area contributed by atoms with E-state index in [1.165, 1.54) is 29.7 Å². The minimum Gasteiger partial charge on any atom is -0.351 e. The van der Waals surface area contributed by atoms with Gasteiger partial charge in [-0.15, -0.1) is 0 Å². The van der Waals surface area contributed by atoms with Crippen molar-refractivity contribution in [2.75, 3.05) is 18.6 Å². The summed E-state index contributed by atoms with van der Waals surface area (Å²) in [6.07, 6.45) is 2.09. The lowest BCUT2D eigenvalue weighted by atomic mass is 10.0. The van der Waals surface area contributed by atoms with Gasteiger partial charge in [0.05, 0.1) is 18.2 Å². The van der Waals surface area contributed by atoms with E-state index in [1.54, 1.807) is 45.0 Å². The second-order valence-electron chi connectivity index (χ2n) is 12.3. The molecule has 2 aromatic rings. The fourth-order valence-electron chi connectivity index (χ4n) is 5.66. The minimum atomic E-state index is -1.05. The molecule has 0 aliphatic carbocycles. The molecule has 1 aromatic heterocycles. The number of carbonyl (C=O) groups is 6. The number of rotatable bonds is 7. The van der Waals surface area contributed by atoms with Crippen molar-refractivity contribution in [3.05, 3.63) is 53.4 Å². The second kappa shape index (κ2) is 15.9. The van der Waals surface area contributed by atoms with E-state index in [-0.39, 0.29) is 31.1 Å². The SMILES string of the molecule is CSCC[C@@H]1NC(=O)C[C@@H](c2ccccc2)NC(=O)[C@H](C)NC(=O)[C@@H]2C[C@H](NC(=O)c3cc(C)no3)CN2C(=O)[C@H](C(C)C)NC1=O. The van der Waals surface area contributed by atoms with Crippen molar-refractivity contribution in [2.24, 2.45) is 5.92 Å². The summed E-state index contributed by atoms with van der Waals surface area (Å²) in [5.41, 5.74) is 1.19. The highest BCUT2D eigenvalue weighted by atomic mass is 32.2. The summed E-state index contributed by atoms with van der Waals surface area (Å²) in [5, 5.41) is 17.7. The number of hydrogen-bond donors (Lipinski definition) is 5. The zero-order chi connectivity index (χ0) is 34.2. The smallest absolute Gasteiger partial charge is 0.290 e. The summed E-state index contributed by atoms with van der Waals surface area (Å²) in [6.45, 7) is 6.70. The molecule has 6 atom stereocenters. The molecule has 2 aliphatic heterocycles. The van der Waals surface area contributed by atoms with E-state index in [1.807, 2.05) is 12.3 Å². The largest absolute Gasteiger partial charge is 0.351 e. The summed E-state index contributed by atoms with van der Waals surface area (Å²) in [5.74, 6) is -3.04. The first kappa shape index (κ1) is 35.5. The molecule has 2 fully saturated rings. The third-order valence-electron chi connectivity index (χ3n) is 8.23. The molecule has 0 bridgehead atoms. The summed E-state index contributed by atoms with van der Waals surface area (Å²) >= 11 is 1.51. The molecule has 15 heteroatoms. The molecule has 1 aromatic carbocycles. The molecular formula is C32H43N7O7S. The quantitative estimate of drug-likeness (QED) is 0.284. The van der Waals surface area contributed by atoms with Crippen molar-refractivity contribution >= 4 is 47.2 Å². The fourth-order valence-corrected chi connectivity index (χ4v) is 6.13. The fraction of sp³-hybridized carbons (Fsp3) is 0.531. The van der Waals surface area contributed by atoms with Crippen LogP contribution >= 0.6 is 11.8 Å². The van der Waals surface area contributed by atoms with Crippen LogP contribution in [0.25, 0.3) is 0 Å². The van der Waals surface area contributed by atoms with Crippen LogP contribution in [0.3, 0.4) is 0 Å². The van der Waals surface area contributed by atoms with Crippen LogP contribution in [0.4, 0.5) is 0 Å². The molecule has 2 saturated heterocycles. The Balaban J connectivity index is 1.67. The van der Waals surface area contributed by atoms with Crippen LogP contribution in [-0.4, -0.2) is 94.3 Å². The topological polar surface area (TPSA) is 192 Å². The van der Waals surface area contributed by atoms with Crippen LogP contribution in [0, 0.1) is 12.8 Å². The number of aryl methyl sites for hydroxylation is 1. The van der Waals surface area contributed by atoms with Crippen LogP contribution in [-0.2, 0) is 24.0 Å². The number of nitrogens with zero attached hydrogens (tertiary/aromatic N) is 2. The first-order valence-electron chi connectivity index (χ1n) is 15.7. The number of carbonyl (C=O) groups excluding carboxylic acids is 6. The van der Waals surface area contributed by atoms with Gasteiger partial charge in [-0.1, -0.05) is 49.3 Å². The van der Waals surface area contributed by atoms with Gasteiger partial charge < -0.3 is 36.0 Å². The van der Waals surface area contributed by atoms with Gasteiger partial charge in [0.15, 0.2) is 0 Å². The summed E-state index contributed by atoms with van der Waals surface area (Å²) in [6, 6.07) is 4.97. The molecule has 254 valence electrons. The Bertz CT molecular complexity index is 1470. The molecule has 0 unspecified atom stereocenters. The molecule has 6 amide bonds. The zero-order valence-corrected chi connectivity index (χ0v) is 28.0. The molecule has 4 rings (SSSR count). The van der Waals surface area contributed by atoms with E-state index in [4.69, 9.17) is 4.52 Å². The summed E-state index contributed by atoms with van der Waals surface area (Å²) in [4.78, 5) is 82.4.